The predicted octanol–water partition coefficient (Wildman–Crippen LogP) is 2.14. The summed E-state index contributed by atoms with van der Waals surface area (Å²) in [5, 5.41) is 0. The van der Waals surface area contributed by atoms with Crippen molar-refractivity contribution in [3.05, 3.63) is 34.1 Å². The maximum Gasteiger partial charge on any atom is 0.126 e. The molecule has 0 bridgehead atoms. The molecule has 1 aliphatic heterocycles. The molecule has 1 aliphatic rings. The summed E-state index contributed by atoms with van der Waals surface area (Å²) in [7, 11) is 0. The standard InChI is InChI=1S/C12H16BrFN2O/c13-9-3-4-10(14)8(6-9)7-11(16-15)12-2-1-5-17-12/h3-4,6,11-12,16H,1-2,5,7,15H2. The van der Waals surface area contributed by atoms with E-state index in [1.165, 1.54) is 6.07 Å². The van der Waals surface area contributed by atoms with Crippen molar-refractivity contribution in [2.45, 2.75) is 31.4 Å². The van der Waals surface area contributed by atoms with Gasteiger partial charge < -0.3 is 4.74 Å². The van der Waals surface area contributed by atoms with Crippen molar-refractivity contribution in [3.8, 4) is 0 Å². The summed E-state index contributed by atoms with van der Waals surface area (Å²) in [6.07, 6.45) is 2.64. The topological polar surface area (TPSA) is 47.3 Å². The van der Waals surface area contributed by atoms with Gasteiger partial charge in [0.1, 0.15) is 5.82 Å². The second-order valence-electron chi connectivity index (χ2n) is 4.26. The summed E-state index contributed by atoms with van der Waals surface area (Å²) in [6.45, 7) is 0.768. The van der Waals surface area contributed by atoms with Crippen LogP contribution in [0.25, 0.3) is 0 Å². The Labute approximate surface area is 109 Å². The third-order valence-corrected chi connectivity index (χ3v) is 3.57. The van der Waals surface area contributed by atoms with Gasteiger partial charge in [-0.25, -0.2) is 4.39 Å². The Morgan fingerprint density at radius 2 is 2.41 bits per heavy atom. The monoisotopic (exact) mass is 302 g/mol. The minimum absolute atomic E-state index is 0.0405. The number of nitrogens with two attached hydrogens (primary N) is 1. The van der Waals surface area contributed by atoms with Gasteiger partial charge >= 0.3 is 0 Å². The third-order valence-electron chi connectivity index (χ3n) is 3.08. The van der Waals surface area contributed by atoms with Crippen LogP contribution < -0.4 is 11.3 Å². The van der Waals surface area contributed by atoms with Gasteiger partial charge in [0, 0.05) is 11.1 Å². The van der Waals surface area contributed by atoms with Crippen LogP contribution in [-0.4, -0.2) is 18.8 Å². The largest absolute Gasteiger partial charge is 0.377 e. The fourth-order valence-corrected chi connectivity index (χ4v) is 2.56. The van der Waals surface area contributed by atoms with Crippen LogP contribution in [0.15, 0.2) is 22.7 Å². The molecule has 94 valence electrons. The summed E-state index contributed by atoms with van der Waals surface area (Å²) in [6, 6.07) is 4.90. The summed E-state index contributed by atoms with van der Waals surface area (Å²) in [5.41, 5.74) is 3.38. The molecular weight excluding hydrogens is 287 g/mol. The fraction of sp³-hybridized carbons (Fsp3) is 0.500. The lowest BCUT2D eigenvalue weighted by Crippen LogP contribution is -2.45. The maximum absolute atomic E-state index is 13.6. The quantitative estimate of drug-likeness (QED) is 0.662. The molecule has 0 aromatic heterocycles. The number of hydrazine groups is 1. The Balaban J connectivity index is 2.09. The molecule has 17 heavy (non-hydrogen) atoms. The van der Waals surface area contributed by atoms with Crippen LogP contribution in [0, 0.1) is 5.82 Å². The molecule has 0 aliphatic carbocycles. The van der Waals surface area contributed by atoms with Crippen LogP contribution in [-0.2, 0) is 11.2 Å². The highest BCUT2D eigenvalue weighted by Crippen LogP contribution is 2.21. The molecule has 1 fully saturated rings. The smallest absolute Gasteiger partial charge is 0.126 e. The van der Waals surface area contributed by atoms with Gasteiger partial charge in [0.05, 0.1) is 12.1 Å². The normalized spacial score (nSPS) is 21.7. The van der Waals surface area contributed by atoms with Gasteiger partial charge in [0.2, 0.25) is 0 Å². The highest BCUT2D eigenvalue weighted by Gasteiger charge is 2.26. The molecule has 3 N–H and O–H groups in total. The first-order chi connectivity index (χ1) is 8.20. The van der Waals surface area contributed by atoms with Crippen molar-refractivity contribution in [3.63, 3.8) is 0 Å². The molecule has 2 unspecified atom stereocenters. The number of rotatable bonds is 4. The molecule has 2 rings (SSSR count). The van der Waals surface area contributed by atoms with Gasteiger partial charge in [-0.3, -0.25) is 11.3 Å². The van der Waals surface area contributed by atoms with Crippen LogP contribution in [0.5, 0.6) is 0 Å². The Hall–Kier alpha value is -0.490. The fourth-order valence-electron chi connectivity index (χ4n) is 2.15. The molecular formula is C12H16BrFN2O. The van der Waals surface area contributed by atoms with E-state index in [1.54, 1.807) is 12.1 Å². The molecule has 1 saturated heterocycles. The lowest BCUT2D eigenvalue weighted by atomic mass is 10.00. The van der Waals surface area contributed by atoms with Crippen molar-refractivity contribution in [1.82, 2.24) is 5.43 Å². The Morgan fingerprint density at radius 1 is 1.59 bits per heavy atom. The molecule has 0 radical (unpaired) electrons. The van der Waals surface area contributed by atoms with Gasteiger partial charge in [-0.05, 0) is 43.0 Å². The molecule has 0 spiro atoms. The molecule has 0 saturated carbocycles. The van der Waals surface area contributed by atoms with E-state index >= 15 is 0 Å². The summed E-state index contributed by atoms with van der Waals surface area (Å²) >= 11 is 3.34. The van der Waals surface area contributed by atoms with Crippen molar-refractivity contribution in [2.24, 2.45) is 5.84 Å². The highest BCUT2D eigenvalue weighted by molar-refractivity contribution is 9.10. The number of nitrogens with one attached hydrogen (secondary N) is 1. The average molecular weight is 303 g/mol. The molecule has 3 nitrogen and oxygen atoms in total. The van der Waals surface area contributed by atoms with E-state index in [9.17, 15) is 4.39 Å². The summed E-state index contributed by atoms with van der Waals surface area (Å²) in [4.78, 5) is 0. The lowest BCUT2D eigenvalue weighted by molar-refractivity contribution is 0.0782. The Morgan fingerprint density at radius 3 is 3.06 bits per heavy atom. The number of halogens is 2. The SMILES string of the molecule is NNC(Cc1cc(Br)ccc1F)C1CCCO1. The minimum Gasteiger partial charge on any atom is -0.377 e. The van der Waals surface area contributed by atoms with Gasteiger partial charge in [-0.2, -0.15) is 0 Å². The van der Waals surface area contributed by atoms with Crippen molar-refractivity contribution in [2.75, 3.05) is 6.61 Å². The first-order valence-electron chi connectivity index (χ1n) is 5.72. The zero-order chi connectivity index (χ0) is 12.3. The minimum atomic E-state index is -0.202. The van der Waals surface area contributed by atoms with E-state index in [4.69, 9.17) is 10.6 Å². The van der Waals surface area contributed by atoms with Gasteiger partial charge in [-0.1, -0.05) is 15.9 Å². The summed E-state index contributed by atoms with van der Waals surface area (Å²) < 4.78 is 20.1. The number of hydrogen-bond donors (Lipinski definition) is 2. The first-order valence-corrected chi connectivity index (χ1v) is 6.51. The maximum atomic E-state index is 13.6. The second-order valence-corrected chi connectivity index (χ2v) is 5.18. The Bertz CT molecular complexity index is 383. The zero-order valence-corrected chi connectivity index (χ0v) is 11.0. The average Bonchev–Trinajstić information content (AvgIpc) is 2.84. The zero-order valence-electron chi connectivity index (χ0n) is 9.46. The van der Waals surface area contributed by atoms with Crippen LogP contribution >= 0.6 is 15.9 Å². The molecule has 0 amide bonds. The molecule has 5 heteroatoms. The van der Waals surface area contributed by atoms with E-state index in [0.29, 0.717) is 12.0 Å². The number of benzene rings is 1. The van der Waals surface area contributed by atoms with Crippen LogP contribution in [0.4, 0.5) is 4.39 Å². The van der Waals surface area contributed by atoms with Crippen LogP contribution in [0.3, 0.4) is 0 Å². The lowest BCUT2D eigenvalue weighted by Gasteiger charge is -2.22. The predicted molar refractivity (Wildman–Crippen MR) is 67.9 cm³/mol. The first kappa shape index (κ1) is 13.0. The molecule has 2 atom stereocenters. The van der Waals surface area contributed by atoms with Gasteiger partial charge in [0.15, 0.2) is 0 Å². The third kappa shape index (κ3) is 3.25. The summed E-state index contributed by atoms with van der Waals surface area (Å²) in [5.74, 6) is 5.32. The van der Waals surface area contributed by atoms with Gasteiger partial charge in [0.25, 0.3) is 0 Å². The van der Waals surface area contributed by atoms with E-state index in [1.807, 2.05) is 0 Å². The number of hydrogen-bond acceptors (Lipinski definition) is 3. The number of ether oxygens (including phenoxy) is 1. The molecule has 1 aromatic carbocycles. The van der Waals surface area contributed by atoms with E-state index in [0.717, 1.165) is 23.9 Å². The van der Waals surface area contributed by atoms with E-state index in [-0.39, 0.29) is 18.0 Å². The van der Waals surface area contributed by atoms with E-state index in [2.05, 4.69) is 21.4 Å². The van der Waals surface area contributed by atoms with Crippen LogP contribution in [0.1, 0.15) is 18.4 Å². The van der Waals surface area contributed by atoms with Crippen molar-refractivity contribution < 1.29 is 9.13 Å². The molecule has 1 aromatic rings. The van der Waals surface area contributed by atoms with Gasteiger partial charge in [-0.15, -0.1) is 0 Å². The highest BCUT2D eigenvalue weighted by atomic mass is 79.9. The Kier molecular flexibility index (Phi) is 4.50. The second kappa shape index (κ2) is 5.91. The van der Waals surface area contributed by atoms with E-state index < -0.39 is 0 Å². The van der Waals surface area contributed by atoms with Crippen molar-refractivity contribution >= 4 is 15.9 Å². The molecule has 1 heterocycles. The van der Waals surface area contributed by atoms with Crippen LogP contribution in [0.2, 0.25) is 0 Å². The van der Waals surface area contributed by atoms with Crippen molar-refractivity contribution in [1.29, 1.82) is 0 Å².